The molecule has 152 valence electrons. The molecule has 0 aromatic heterocycles. The largest absolute Gasteiger partial charge is 0.490 e. The molecule has 4 nitrogen and oxygen atoms in total. The van der Waals surface area contributed by atoms with E-state index >= 15 is 0 Å². The Morgan fingerprint density at radius 2 is 1.81 bits per heavy atom. The Bertz CT molecular complexity index is 648. The van der Waals surface area contributed by atoms with Gasteiger partial charge in [-0.1, -0.05) is 25.8 Å². The van der Waals surface area contributed by atoms with Crippen molar-refractivity contribution in [2.75, 3.05) is 11.1 Å². The van der Waals surface area contributed by atoms with Gasteiger partial charge in [0, 0.05) is 16.3 Å². The van der Waals surface area contributed by atoms with Crippen LogP contribution in [0.15, 0.2) is 29.2 Å². The van der Waals surface area contributed by atoms with Gasteiger partial charge in [0.15, 0.2) is 0 Å². The van der Waals surface area contributed by atoms with Gasteiger partial charge in [-0.3, -0.25) is 4.79 Å². The number of alkyl halides is 6. The molecule has 0 radical (unpaired) electrons. The normalized spacial score (nSPS) is 13.1. The lowest BCUT2D eigenvalue weighted by Gasteiger charge is -2.18. The first-order chi connectivity index (χ1) is 12.4. The monoisotopic (exact) mass is 417 g/mol. The molecule has 27 heavy (non-hydrogen) atoms. The predicted molar refractivity (Wildman–Crippen MR) is 87.3 cm³/mol. The number of thioether (sulfide) groups is 1. The maximum atomic E-state index is 12.4. The summed E-state index contributed by atoms with van der Waals surface area (Å²) in [4.78, 5) is 22.3. The Labute approximate surface area is 155 Å². The van der Waals surface area contributed by atoms with E-state index in [2.05, 4.69) is 4.74 Å². The molecule has 0 bridgehead atoms. The summed E-state index contributed by atoms with van der Waals surface area (Å²) >= 11 is 1.00. The van der Waals surface area contributed by atoms with Crippen LogP contribution in [0, 0.1) is 0 Å². The molecule has 1 aromatic rings. The third kappa shape index (κ3) is 8.55. The van der Waals surface area contributed by atoms with Gasteiger partial charge in [0.2, 0.25) is 0 Å². The van der Waals surface area contributed by atoms with Crippen LogP contribution in [0.4, 0.5) is 32.0 Å². The summed E-state index contributed by atoms with van der Waals surface area (Å²) in [5.74, 6) is -4.43. The van der Waals surface area contributed by atoms with Crippen molar-refractivity contribution in [3.05, 3.63) is 24.3 Å². The number of hydrogen-bond donors (Lipinski definition) is 1. The highest BCUT2D eigenvalue weighted by Gasteiger charge is 2.42. The van der Waals surface area contributed by atoms with E-state index in [1.807, 2.05) is 6.92 Å². The van der Waals surface area contributed by atoms with E-state index in [-0.39, 0.29) is 17.9 Å². The third-order valence-electron chi connectivity index (χ3n) is 3.17. The van der Waals surface area contributed by atoms with E-state index < -0.39 is 30.3 Å². The van der Waals surface area contributed by atoms with Crippen molar-refractivity contribution in [3.63, 3.8) is 0 Å². The highest BCUT2D eigenvalue weighted by Crippen LogP contribution is 2.27. The number of benzene rings is 1. The topological polar surface area (TPSA) is 55.4 Å². The summed E-state index contributed by atoms with van der Waals surface area (Å²) in [7, 11) is 0. The van der Waals surface area contributed by atoms with Gasteiger partial charge in [-0.15, -0.1) is 11.8 Å². The Hall–Kier alpha value is -1.91. The summed E-state index contributed by atoms with van der Waals surface area (Å²) in [5, 5.41) is 1.68. The molecule has 0 unspecified atom stereocenters. The molecular weight excluding hydrogens is 400 g/mol. The highest BCUT2D eigenvalue weighted by molar-refractivity contribution is 7.99. The number of ether oxygens (including phenoxy) is 1. The quantitative estimate of drug-likeness (QED) is 0.370. The molecule has 1 N–H and O–H groups in total. The van der Waals surface area contributed by atoms with Crippen molar-refractivity contribution in [3.8, 4) is 0 Å². The predicted octanol–water partition coefficient (Wildman–Crippen LogP) is 4.94. The SMILES string of the molecule is CCCC[C@@H](CSc1cccc(NC(=O)C(F)(F)F)c1)OC(=O)C(F)(F)F. The number of amides is 1. The van der Waals surface area contributed by atoms with Crippen LogP contribution in [-0.2, 0) is 14.3 Å². The number of nitrogens with one attached hydrogen (secondary N) is 1. The van der Waals surface area contributed by atoms with Crippen molar-refractivity contribution in [2.24, 2.45) is 0 Å². The zero-order valence-corrected chi connectivity index (χ0v) is 14.9. The van der Waals surface area contributed by atoms with Crippen molar-refractivity contribution >= 4 is 29.3 Å². The molecule has 0 saturated carbocycles. The Kier molecular flexibility index (Phi) is 8.45. The molecule has 1 rings (SSSR count). The number of esters is 1. The fraction of sp³-hybridized carbons (Fsp3) is 0.500. The van der Waals surface area contributed by atoms with Gasteiger partial charge >= 0.3 is 24.2 Å². The molecule has 0 fully saturated rings. The van der Waals surface area contributed by atoms with Crippen LogP contribution in [-0.4, -0.2) is 36.1 Å². The second-order valence-corrected chi connectivity index (χ2v) is 6.55. The minimum atomic E-state index is -5.10. The van der Waals surface area contributed by atoms with E-state index in [0.29, 0.717) is 17.7 Å². The van der Waals surface area contributed by atoms with E-state index in [9.17, 15) is 35.9 Å². The zero-order chi connectivity index (χ0) is 20.7. The van der Waals surface area contributed by atoms with E-state index in [4.69, 9.17) is 0 Å². The molecular formula is C16H17F6NO3S. The lowest BCUT2D eigenvalue weighted by molar-refractivity contribution is -0.204. The van der Waals surface area contributed by atoms with Crippen LogP contribution < -0.4 is 5.32 Å². The molecule has 0 saturated heterocycles. The molecule has 1 aromatic carbocycles. The van der Waals surface area contributed by atoms with Gasteiger partial charge in [0.25, 0.3) is 0 Å². The maximum Gasteiger partial charge on any atom is 0.490 e. The lowest BCUT2D eigenvalue weighted by atomic mass is 10.2. The van der Waals surface area contributed by atoms with Crippen LogP contribution in [0.1, 0.15) is 26.2 Å². The lowest BCUT2D eigenvalue weighted by Crippen LogP contribution is -2.31. The Balaban J connectivity index is 2.73. The minimum Gasteiger partial charge on any atom is -0.455 e. The number of carbonyl (C=O) groups excluding carboxylic acids is 2. The van der Waals surface area contributed by atoms with Crippen LogP contribution in [0.5, 0.6) is 0 Å². The fourth-order valence-electron chi connectivity index (χ4n) is 1.88. The van der Waals surface area contributed by atoms with E-state index in [0.717, 1.165) is 11.8 Å². The molecule has 11 heteroatoms. The van der Waals surface area contributed by atoms with Gasteiger partial charge in [-0.2, -0.15) is 26.3 Å². The fourth-order valence-corrected chi connectivity index (χ4v) is 2.88. The molecule has 0 aliphatic carbocycles. The molecule has 0 heterocycles. The second kappa shape index (κ2) is 9.86. The number of anilines is 1. The summed E-state index contributed by atoms with van der Waals surface area (Å²) < 4.78 is 78.3. The molecule has 1 amide bonds. The molecule has 0 aliphatic rings. The first-order valence-electron chi connectivity index (χ1n) is 7.82. The first kappa shape index (κ1) is 23.1. The maximum absolute atomic E-state index is 12.4. The summed E-state index contributed by atoms with van der Waals surface area (Å²) in [6.45, 7) is 1.82. The molecule has 0 aliphatic heterocycles. The number of hydrogen-bond acceptors (Lipinski definition) is 4. The van der Waals surface area contributed by atoms with Gasteiger partial charge in [-0.25, -0.2) is 4.79 Å². The number of carbonyl (C=O) groups is 2. The molecule has 1 atom stereocenters. The van der Waals surface area contributed by atoms with Gasteiger partial charge in [0.05, 0.1) is 0 Å². The first-order valence-corrected chi connectivity index (χ1v) is 8.81. The standard InChI is InChI=1S/C16H17F6NO3S/c1-2-3-6-11(26-14(25)16(20,21)22)9-27-12-7-4-5-10(8-12)23-13(24)15(17,18)19/h4-5,7-8,11H,2-3,6,9H2,1H3,(H,23,24)/t11-/m0/s1. The summed E-state index contributed by atoms with van der Waals surface area (Å²) in [6, 6.07) is 5.39. The van der Waals surface area contributed by atoms with Crippen LogP contribution in [0.3, 0.4) is 0 Å². The van der Waals surface area contributed by atoms with Crippen LogP contribution >= 0.6 is 11.8 Å². The smallest absolute Gasteiger partial charge is 0.455 e. The highest BCUT2D eigenvalue weighted by atomic mass is 32.2. The van der Waals surface area contributed by atoms with Crippen molar-refractivity contribution in [1.82, 2.24) is 0 Å². The van der Waals surface area contributed by atoms with Crippen molar-refractivity contribution < 1.29 is 40.7 Å². The number of unbranched alkanes of at least 4 members (excludes halogenated alkanes) is 1. The summed E-state index contributed by atoms with van der Waals surface area (Å²) in [6.07, 6.45) is -9.70. The second-order valence-electron chi connectivity index (χ2n) is 5.46. The number of rotatable bonds is 8. The zero-order valence-electron chi connectivity index (χ0n) is 14.1. The van der Waals surface area contributed by atoms with Crippen molar-refractivity contribution in [1.29, 1.82) is 0 Å². The van der Waals surface area contributed by atoms with Gasteiger partial charge in [0.1, 0.15) is 6.10 Å². The van der Waals surface area contributed by atoms with Crippen molar-refractivity contribution in [2.45, 2.75) is 49.5 Å². The number of halogens is 6. The van der Waals surface area contributed by atoms with E-state index in [1.54, 1.807) is 5.32 Å². The van der Waals surface area contributed by atoms with E-state index in [1.165, 1.54) is 24.3 Å². The Morgan fingerprint density at radius 3 is 2.37 bits per heavy atom. The average molecular weight is 417 g/mol. The summed E-state index contributed by atoms with van der Waals surface area (Å²) in [5.41, 5.74) is -0.111. The van der Waals surface area contributed by atoms with Gasteiger partial charge < -0.3 is 10.1 Å². The van der Waals surface area contributed by atoms with Crippen LogP contribution in [0.2, 0.25) is 0 Å². The average Bonchev–Trinajstić information content (AvgIpc) is 2.55. The third-order valence-corrected chi connectivity index (χ3v) is 4.30. The Morgan fingerprint density at radius 1 is 1.15 bits per heavy atom. The molecule has 0 spiro atoms. The van der Waals surface area contributed by atoms with Crippen LogP contribution in [0.25, 0.3) is 0 Å². The minimum absolute atomic E-state index is 0.0154. The van der Waals surface area contributed by atoms with Gasteiger partial charge in [-0.05, 0) is 24.6 Å².